The van der Waals surface area contributed by atoms with Crippen LogP contribution in [0.4, 0.5) is 5.95 Å². The molecule has 92 valence electrons. The van der Waals surface area contributed by atoms with Crippen molar-refractivity contribution in [3.63, 3.8) is 0 Å². The summed E-state index contributed by atoms with van der Waals surface area (Å²) in [5.41, 5.74) is 7.71. The number of nitrogens with zero attached hydrogens (tertiary/aromatic N) is 3. The monoisotopic (exact) mass is 252 g/mol. The number of fused-ring (bicyclic) bond motifs is 1. The summed E-state index contributed by atoms with van der Waals surface area (Å²) >= 11 is 6.19. The number of aromatic nitrogens is 2. The SMILES string of the molecule is CCN(C)CCn1c(N)nc2cccc(Cl)c21. The van der Waals surface area contributed by atoms with Crippen molar-refractivity contribution >= 4 is 28.6 Å². The van der Waals surface area contributed by atoms with Gasteiger partial charge < -0.3 is 15.2 Å². The summed E-state index contributed by atoms with van der Waals surface area (Å²) in [7, 11) is 2.08. The number of para-hydroxylation sites is 1. The zero-order chi connectivity index (χ0) is 12.4. The van der Waals surface area contributed by atoms with Gasteiger partial charge in [-0.15, -0.1) is 0 Å². The fraction of sp³-hybridized carbons (Fsp3) is 0.417. The molecule has 0 saturated heterocycles. The second-order valence-electron chi connectivity index (χ2n) is 4.13. The molecule has 0 aliphatic carbocycles. The summed E-state index contributed by atoms with van der Waals surface area (Å²) in [6.07, 6.45) is 0. The highest BCUT2D eigenvalue weighted by Gasteiger charge is 2.11. The van der Waals surface area contributed by atoms with Gasteiger partial charge in [0.1, 0.15) is 0 Å². The number of anilines is 1. The number of nitrogens with two attached hydrogens (primary N) is 1. The molecule has 1 heterocycles. The van der Waals surface area contributed by atoms with Crippen molar-refractivity contribution in [1.29, 1.82) is 0 Å². The highest BCUT2D eigenvalue weighted by atomic mass is 35.5. The first-order chi connectivity index (χ1) is 8.13. The van der Waals surface area contributed by atoms with Gasteiger partial charge in [-0.05, 0) is 25.7 Å². The molecule has 0 unspecified atom stereocenters. The molecule has 0 spiro atoms. The Morgan fingerprint density at radius 3 is 2.94 bits per heavy atom. The lowest BCUT2D eigenvalue weighted by Gasteiger charge is -2.15. The van der Waals surface area contributed by atoms with E-state index in [4.69, 9.17) is 17.3 Å². The number of hydrogen-bond acceptors (Lipinski definition) is 3. The van der Waals surface area contributed by atoms with Crippen LogP contribution in [-0.4, -0.2) is 34.6 Å². The van der Waals surface area contributed by atoms with Gasteiger partial charge in [-0.2, -0.15) is 0 Å². The van der Waals surface area contributed by atoms with E-state index >= 15 is 0 Å². The van der Waals surface area contributed by atoms with Crippen molar-refractivity contribution in [1.82, 2.24) is 14.5 Å². The normalized spacial score (nSPS) is 11.5. The van der Waals surface area contributed by atoms with Crippen LogP contribution in [0.25, 0.3) is 11.0 Å². The van der Waals surface area contributed by atoms with E-state index in [-0.39, 0.29) is 0 Å². The second kappa shape index (κ2) is 4.94. The molecule has 0 amide bonds. The predicted octanol–water partition coefficient (Wildman–Crippen LogP) is 2.22. The molecule has 0 saturated carbocycles. The van der Waals surface area contributed by atoms with Gasteiger partial charge in [-0.25, -0.2) is 4.98 Å². The van der Waals surface area contributed by atoms with Crippen LogP contribution in [0.3, 0.4) is 0 Å². The van der Waals surface area contributed by atoms with Crippen molar-refractivity contribution in [2.24, 2.45) is 0 Å². The lowest BCUT2D eigenvalue weighted by molar-refractivity contribution is 0.338. The number of halogens is 1. The Morgan fingerprint density at radius 2 is 2.24 bits per heavy atom. The van der Waals surface area contributed by atoms with Crippen LogP contribution < -0.4 is 5.73 Å². The average Bonchev–Trinajstić information content (AvgIpc) is 2.63. The van der Waals surface area contributed by atoms with Crippen LogP contribution in [0.1, 0.15) is 6.92 Å². The molecule has 2 N–H and O–H groups in total. The Bertz CT molecular complexity index is 520. The van der Waals surface area contributed by atoms with Gasteiger partial charge in [-0.1, -0.05) is 24.6 Å². The molecule has 0 atom stereocenters. The van der Waals surface area contributed by atoms with Crippen molar-refractivity contribution in [3.8, 4) is 0 Å². The largest absolute Gasteiger partial charge is 0.369 e. The lowest BCUT2D eigenvalue weighted by Crippen LogP contribution is -2.23. The number of nitrogen functional groups attached to an aromatic ring is 1. The van der Waals surface area contributed by atoms with Crippen LogP contribution in [0, 0.1) is 0 Å². The van der Waals surface area contributed by atoms with E-state index < -0.39 is 0 Å². The summed E-state index contributed by atoms with van der Waals surface area (Å²) in [6.45, 7) is 4.87. The van der Waals surface area contributed by atoms with Gasteiger partial charge >= 0.3 is 0 Å². The molecule has 1 aromatic heterocycles. The minimum Gasteiger partial charge on any atom is -0.369 e. The second-order valence-corrected chi connectivity index (χ2v) is 4.53. The Labute approximate surface area is 106 Å². The molecule has 0 aliphatic heterocycles. The first-order valence-electron chi connectivity index (χ1n) is 5.72. The molecule has 2 rings (SSSR count). The van der Waals surface area contributed by atoms with E-state index in [2.05, 4.69) is 23.9 Å². The number of likely N-dealkylation sites (N-methyl/N-ethyl adjacent to an activating group) is 1. The van der Waals surface area contributed by atoms with E-state index in [1.165, 1.54) is 0 Å². The fourth-order valence-electron chi connectivity index (χ4n) is 1.81. The van der Waals surface area contributed by atoms with Gasteiger partial charge in [0.25, 0.3) is 0 Å². The molecule has 17 heavy (non-hydrogen) atoms. The van der Waals surface area contributed by atoms with Gasteiger partial charge in [0, 0.05) is 13.1 Å². The maximum Gasteiger partial charge on any atom is 0.201 e. The van der Waals surface area contributed by atoms with Gasteiger partial charge in [0.15, 0.2) is 0 Å². The van der Waals surface area contributed by atoms with Crippen LogP contribution in [0.2, 0.25) is 5.02 Å². The fourth-order valence-corrected chi connectivity index (χ4v) is 2.09. The topological polar surface area (TPSA) is 47.1 Å². The highest BCUT2D eigenvalue weighted by Crippen LogP contribution is 2.25. The molecule has 5 heteroatoms. The average molecular weight is 253 g/mol. The molecular weight excluding hydrogens is 236 g/mol. The lowest BCUT2D eigenvalue weighted by atomic mass is 10.3. The first-order valence-corrected chi connectivity index (χ1v) is 6.10. The van der Waals surface area contributed by atoms with Crippen molar-refractivity contribution in [2.45, 2.75) is 13.5 Å². The van der Waals surface area contributed by atoms with E-state index in [9.17, 15) is 0 Å². The summed E-state index contributed by atoms with van der Waals surface area (Å²) in [5.74, 6) is 0.526. The Hall–Kier alpha value is -1.26. The summed E-state index contributed by atoms with van der Waals surface area (Å²) in [6, 6.07) is 5.68. The molecule has 4 nitrogen and oxygen atoms in total. The predicted molar refractivity (Wildman–Crippen MR) is 72.3 cm³/mol. The van der Waals surface area contributed by atoms with E-state index in [0.717, 1.165) is 30.7 Å². The minimum atomic E-state index is 0.526. The van der Waals surface area contributed by atoms with E-state index in [1.807, 2.05) is 22.8 Å². The molecule has 0 bridgehead atoms. The summed E-state index contributed by atoms with van der Waals surface area (Å²) in [4.78, 5) is 6.54. The third-order valence-electron chi connectivity index (χ3n) is 2.99. The first kappa shape index (κ1) is 12.2. The third-order valence-corrected chi connectivity index (χ3v) is 3.30. The van der Waals surface area contributed by atoms with Crippen LogP contribution >= 0.6 is 11.6 Å². The molecule has 0 fully saturated rings. The third kappa shape index (κ3) is 2.37. The van der Waals surface area contributed by atoms with Crippen molar-refractivity contribution in [2.75, 3.05) is 25.9 Å². The maximum atomic E-state index is 6.19. The Balaban J connectivity index is 2.35. The van der Waals surface area contributed by atoms with Crippen LogP contribution in [0.5, 0.6) is 0 Å². The summed E-state index contributed by atoms with van der Waals surface area (Å²) in [5, 5.41) is 0.700. The maximum absolute atomic E-state index is 6.19. The molecule has 0 aliphatic rings. The molecule has 1 aromatic carbocycles. The minimum absolute atomic E-state index is 0.526. The molecular formula is C12H17ClN4. The van der Waals surface area contributed by atoms with Gasteiger partial charge in [-0.3, -0.25) is 0 Å². The standard InChI is InChI=1S/C12H17ClN4/c1-3-16(2)7-8-17-11-9(13)5-4-6-10(11)15-12(17)14/h4-6H,3,7-8H2,1-2H3,(H2,14,15). The highest BCUT2D eigenvalue weighted by molar-refractivity contribution is 6.35. The number of rotatable bonds is 4. The molecule has 2 aromatic rings. The Morgan fingerprint density at radius 1 is 1.47 bits per heavy atom. The van der Waals surface area contributed by atoms with Crippen LogP contribution in [-0.2, 0) is 6.54 Å². The zero-order valence-electron chi connectivity index (χ0n) is 10.2. The number of imidazole rings is 1. The number of benzene rings is 1. The van der Waals surface area contributed by atoms with Gasteiger partial charge in [0.05, 0.1) is 16.1 Å². The Kier molecular flexibility index (Phi) is 3.54. The molecule has 0 radical (unpaired) electrons. The smallest absolute Gasteiger partial charge is 0.201 e. The zero-order valence-corrected chi connectivity index (χ0v) is 10.9. The van der Waals surface area contributed by atoms with Crippen molar-refractivity contribution < 1.29 is 0 Å². The quantitative estimate of drug-likeness (QED) is 0.908. The van der Waals surface area contributed by atoms with E-state index in [1.54, 1.807) is 0 Å². The summed E-state index contributed by atoms with van der Waals surface area (Å²) < 4.78 is 1.98. The van der Waals surface area contributed by atoms with Crippen LogP contribution in [0.15, 0.2) is 18.2 Å². The van der Waals surface area contributed by atoms with E-state index in [0.29, 0.717) is 11.0 Å². The number of hydrogen-bond donors (Lipinski definition) is 1. The van der Waals surface area contributed by atoms with Crippen molar-refractivity contribution in [3.05, 3.63) is 23.2 Å². The van der Waals surface area contributed by atoms with Gasteiger partial charge in [0.2, 0.25) is 5.95 Å².